The number of carbonyl (C=O) groups is 1. The molecule has 154 valence electrons. The zero-order valence-electron chi connectivity index (χ0n) is 17.5. The molecular formula is C23H28N2O3S. The molecule has 5 nitrogen and oxygen atoms in total. The number of thioether (sulfide) groups is 1. The maximum Gasteiger partial charge on any atom is 0.260 e. The van der Waals surface area contributed by atoms with Gasteiger partial charge in [0.1, 0.15) is 0 Å². The lowest BCUT2D eigenvalue weighted by atomic mass is 10.1. The van der Waals surface area contributed by atoms with Crippen LogP contribution in [0.3, 0.4) is 0 Å². The quantitative estimate of drug-likeness (QED) is 0.653. The number of ether oxygens (including phenoxy) is 2. The van der Waals surface area contributed by atoms with Crippen LogP contribution in [-0.4, -0.2) is 42.3 Å². The second kappa shape index (κ2) is 9.83. The van der Waals surface area contributed by atoms with Crippen molar-refractivity contribution in [1.29, 1.82) is 0 Å². The monoisotopic (exact) mass is 412 g/mol. The van der Waals surface area contributed by atoms with Gasteiger partial charge in [-0.15, -0.1) is 0 Å². The van der Waals surface area contributed by atoms with Gasteiger partial charge in [-0.05, 0) is 57.0 Å². The first kappa shape index (κ1) is 21.2. The van der Waals surface area contributed by atoms with Crippen LogP contribution in [0.5, 0.6) is 11.5 Å². The van der Waals surface area contributed by atoms with Gasteiger partial charge in [0.15, 0.2) is 16.7 Å². The highest BCUT2D eigenvalue weighted by Gasteiger charge is 2.26. The molecule has 1 amide bonds. The molecule has 1 aliphatic rings. The van der Waals surface area contributed by atoms with E-state index >= 15 is 0 Å². The number of aryl methyl sites for hydroxylation is 2. The minimum Gasteiger partial charge on any atom is -0.490 e. The molecule has 0 aromatic heterocycles. The standard InChI is InChI=1S/C23H28N2O3S/c1-5-27-20-10-9-18(14-21(20)28-6-2)22(26)25-12-11-24-23(25)29-15-19-13-16(3)7-8-17(19)4/h7-10,13-14H,5-6,11-12,15H2,1-4H3. The van der Waals surface area contributed by atoms with E-state index in [-0.39, 0.29) is 5.91 Å². The number of hydrogen-bond donors (Lipinski definition) is 0. The molecule has 6 heteroatoms. The summed E-state index contributed by atoms with van der Waals surface area (Å²) in [6.07, 6.45) is 0. The van der Waals surface area contributed by atoms with Gasteiger partial charge in [-0.3, -0.25) is 14.7 Å². The van der Waals surface area contributed by atoms with Crippen molar-refractivity contribution in [2.24, 2.45) is 4.99 Å². The van der Waals surface area contributed by atoms with Crippen molar-refractivity contribution in [3.63, 3.8) is 0 Å². The largest absolute Gasteiger partial charge is 0.490 e. The zero-order chi connectivity index (χ0) is 20.8. The predicted octanol–water partition coefficient (Wildman–Crippen LogP) is 4.85. The van der Waals surface area contributed by atoms with E-state index in [0.717, 1.165) is 10.9 Å². The summed E-state index contributed by atoms with van der Waals surface area (Å²) in [5.41, 5.74) is 4.35. The summed E-state index contributed by atoms with van der Waals surface area (Å²) in [6.45, 7) is 10.4. The van der Waals surface area contributed by atoms with Crippen LogP contribution in [0.15, 0.2) is 41.4 Å². The molecule has 0 saturated heterocycles. The number of hydrogen-bond acceptors (Lipinski definition) is 5. The topological polar surface area (TPSA) is 51.1 Å². The SMILES string of the molecule is CCOc1ccc(C(=O)N2CCN=C2SCc2cc(C)ccc2C)cc1OCC. The van der Waals surface area contributed by atoms with E-state index < -0.39 is 0 Å². The second-order valence-corrected chi connectivity index (χ2v) is 7.81. The third kappa shape index (κ3) is 5.12. The lowest BCUT2D eigenvalue weighted by molar-refractivity contribution is 0.0860. The first-order chi connectivity index (χ1) is 14.0. The Morgan fingerprint density at radius 1 is 1.07 bits per heavy atom. The van der Waals surface area contributed by atoms with Crippen LogP contribution in [-0.2, 0) is 5.75 Å². The van der Waals surface area contributed by atoms with Gasteiger partial charge in [0.05, 0.1) is 19.8 Å². The number of amides is 1. The lowest BCUT2D eigenvalue weighted by Gasteiger charge is -2.19. The maximum absolute atomic E-state index is 13.2. The zero-order valence-corrected chi connectivity index (χ0v) is 18.3. The smallest absolute Gasteiger partial charge is 0.260 e. The molecule has 1 heterocycles. The molecule has 0 fully saturated rings. The highest BCUT2D eigenvalue weighted by atomic mass is 32.2. The minimum absolute atomic E-state index is 0.0567. The number of aliphatic imine (C=N–C) groups is 1. The van der Waals surface area contributed by atoms with Gasteiger partial charge in [0, 0.05) is 17.9 Å². The summed E-state index contributed by atoms with van der Waals surface area (Å²) in [7, 11) is 0. The number of benzene rings is 2. The summed E-state index contributed by atoms with van der Waals surface area (Å²) >= 11 is 1.62. The molecule has 0 bridgehead atoms. The normalized spacial score (nSPS) is 13.4. The van der Waals surface area contributed by atoms with Crippen LogP contribution < -0.4 is 9.47 Å². The Hall–Kier alpha value is -2.47. The van der Waals surface area contributed by atoms with Crippen LogP contribution in [0.1, 0.15) is 40.9 Å². The fraction of sp³-hybridized carbons (Fsp3) is 0.391. The molecule has 0 saturated carbocycles. The average Bonchev–Trinajstić information content (AvgIpc) is 3.18. The maximum atomic E-state index is 13.2. The van der Waals surface area contributed by atoms with Crippen molar-refractivity contribution < 1.29 is 14.3 Å². The second-order valence-electron chi connectivity index (χ2n) is 6.87. The van der Waals surface area contributed by atoms with Crippen LogP contribution in [0, 0.1) is 13.8 Å². The molecule has 0 N–H and O–H groups in total. The molecule has 3 rings (SSSR count). The average molecular weight is 413 g/mol. The van der Waals surface area contributed by atoms with Crippen molar-refractivity contribution in [2.75, 3.05) is 26.3 Å². The van der Waals surface area contributed by atoms with Crippen LogP contribution in [0.2, 0.25) is 0 Å². The fourth-order valence-electron chi connectivity index (χ4n) is 3.18. The van der Waals surface area contributed by atoms with Gasteiger partial charge in [-0.1, -0.05) is 35.5 Å². The molecule has 29 heavy (non-hydrogen) atoms. The van der Waals surface area contributed by atoms with Crippen LogP contribution in [0.25, 0.3) is 0 Å². The molecule has 2 aromatic rings. The van der Waals surface area contributed by atoms with Gasteiger partial charge in [0.2, 0.25) is 0 Å². The van der Waals surface area contributed by atoms with Crippen molar-refractivity contribution in [3.8, 4) is 11.5 Å². The summed E-state index contributed by atoms with van der Waals surface area (Å²) in [5.74, 6) is 1.99. The molecule has 0 radical (unpaired) electrons. The summed E-state index contributed by atoms with van der Waals surface area (Å²) < 4.78 is 11.3. The third-order valence-electron chi connectivity index (χ3n) is 4.70. The Morgan fingerprint density at radius 3 is 2.59 bits per heavy atom. The first-order valence-electron chi connectivity index (χ1n) is 9.98. The lowest BCUT2D eigenvalue weighted by Crippen LogP contribution is -2.32. The molecule has 0 aliphatic carbocycles. The Kier molecular flexibility index (Phi) is 7.20. The van der Waals surface area contributed by atoms with Gasteiger partial charge in [0.25, 0.3) is 5.91 Å². The van der Waals surface area contributed by atoms with E-state index in [4.69, 9.17) is 9.47 Å². The number of amidine groups is 1. The number of nitrogens with zero attached hydrogens (tertiary/aromatic N) is 2. The Labute approximate surface area is 177 Å². The van der Waals surface area contributed by atoms with Crippen molar-refractivity contribution in [1.82, 2.24) is 4.90 Å². The van der Waals surface area contributed by atoms with Crippen molar-refractivity contribution >= 4 is 22.8 Å². The van der Waals surface area contributed by atoms with Gasteiger partial charge in [-0.2, -0.15) is 0 Å². The molecule has 0 spiro atoms. The molecule has 0 unspecified atom stereocenters. The molecule has 1 aliphatic heterocycles. The number of carbonyl (C=O) groups excluding carboxylic acids is 1. The Bertz CT molecular complexity index is 911. The van der Waals surface area contributed by atoms with Crippen LogP contribution >= 0.6 is 11.8 Å². The van der Waals surface area contributed by atoms with E-state index in [9.17, 15) is 4.79 Å². The molecular weight excluding hydrogens is 384 g/mol. The third-order valence-corrected chi connectivity index (χ3v) is 5.76. The van der Waals surface area contributed by atoms with E-state index in [1.165, 1.54) is 16.7 Å². The summed E-state index contributed by atoms with van der Waals surface area (Å²) in [6, 6.07) is 11.8. The van der Waals surface area contributed by atoms with Gasteiger partial charge >= 0.3 is 0 Å². The Balaban J connectivity index is 1.74. The molecule has 0 atom stereocenters. The van der Waals surface area contributed by atoms with E-state index in [1.807, 2.05) is 13.8 Å². The van der Waals surface area contributed by atoms with E-state index in [2.05, 4.69) is 37.0 Å². The number of rotatable bonds is 7. The highest BCUT2D eigenvalue weighted by molar-refractivity contribution is 8.13. The van der Waals surface area contributed by atoms with Crippen molar-refractivity contribution in [2.45, 2.75) is 33.4 Å². The summed E-state index contributed by atoms with van der Waals surface area (Å²) in [4.78, 5) is 19.5. The first-order valence-corrected chi connectivity index (χ1v) is 11.0. The summed E-state index contributed by atoms with van der Waals surface area (Å²) in [5, 5.41) is 0.780. The minimum atomic E-state index is -0.0567. The predicted molar refractivity (Wildman–Crippen MR) is 119 cm³/mol. The van der Waals surface area contributed by atoms with E-state index in [1.54, 1.807) is 34.9 Å². The van der Waals surface area contributed by atoms with Crippen LogP contribution in [0.4, 0.5) is 0 Å². The fourth-order valence-corrected chi connectivity index (χ4v) is 4.28. The molecule has 2 aromatic carbocycles. The van der Waals surface area contributed by atoms with Gasteiger partial charge < -0.3 is 9.47 Å². The highest BCUT2D eigenvalue weighted by Crippen LogP contribution is 2.30. The Morgan fingerprint density at radius 2 is 1.83 bits per heavy atom. The van der Waals surface area contributed by atoms with Gasteiger partial charge in [-0.25, -0.2) is 0 Å². The van der Waals surface area contributed by atoms with Crippen molar-refractivity contribution in [3.05, 3.63) is 58.7 Å². The van der Waals surface area contributed by atoms with E-state index in [0.29, 0.717) is 43.4 Å².